The fourth-order valence-electron chi connectivity index (χ4n) is 3.44. The molecule has 0 aliphatic carbocycles. The molecule has 1 aliphatic heterocycles. The molecule has 3 rings (SSSR count). The summed E-state index contributed by atoms with van der Waals surface area (Å²) in [6, 6.07) is 3.41. The van der Waals surface area contributed by atoms with Crippen LogP contribution in [0.25, 0.3) is 0 Å². The fourth-order valence-corrected chi connectivity index (χ4v) is 4.90. The number of aromatic hydroxyl groups is 1. The Morgan fingerprint density at radius 2 is 2.06 bits per heavy atom. The van der Waals surface area contributed by atoms with Crippen molar-refractivity contribution in [3.63, 3.8) is 0 Å². The van der Waals surface area contributed by atoms with E-state index in [1.807, 2.05) is 0 Å². The van der Waals surface area contributed by atoms with Gasteiger partial charge in [0.15, 0.2) is 5.69 Å². The number of hydrogen-bond acceptors (Lipinski definition) is 6. The molecule has 2 heterocycles. The molecule has 2 N–H and O–H groups in total. The number of nitrogens with zero attached hydrogens (tertiary/aromatic N) is 4. The van der Waals surface area contributed by atoms with Gasteiger partial charge in [0.1, 0.15) is 11.6 Å². The van der Waals surface area contributed by atoms with Gasteiger partial charge in [0.05, 0.1) is 10.5 Å². The van der Waals surface area contributed by atoms with E-state index in [4.69, 9.17) is 0 Å². The Hall–Kier alpha value is -2.35. The third-order valence-electron chi connectivity index (χ3n) is 5.25. The van der Waals surface area contributed by atoms with E-state index < -0.39 is 45.0 Å². The number of rotatable bonds is 6. The van der Waals surface area contributed by atoms with Gasteiger partial charge < -0.3 is 10.4 Å². The van der Waals surface area contributed by atoms with Crippen molar-refractivity contribution < 1.29 is 22.7 Å². The number of halogens is 2. The smallest absolute Gasteiger partial charge is 0.296 e. The maximum absolute atomic E-state index is 13.4. The normalized spacial score (nSPS) is 16.3. The van der Waals surface area contributed by atoms with Gasteiger partial charge in [0.25, 0.3) is 21.7 Å². The maximum Gasteiger partial charge on any atom is 0.296 e. The minimum atomic E-state index is -3.82. The number of hydrogen-bond donors (Lipinski definition) is 2. The lowest BCUT2D eigenvalue weighted by molar-refractivity contribution is 0.0940. The SMILES string of the molecule is CN(C)S(=O)(=O)N(C)C1CCCn2c1nc(C(=O)NCc1ccc(F)c(Br)c1)c(O)c2=O. The topological polar surface area (TPSA) is 125 Å². The Labute approximate surface area is 193 Å². The van der Waals surface area contributed by atoms with Crippen LogP contribution in [-0.2, 0) is 23.3 Å². The highest BCUT2D eigenvalue weighted by molar-refractivity contribution is 9.10. The second kappa shape index (κ2) is 9.25. The number of aromatic nitrogens is 2. The molecule has 0 saturated carbocycles. The second-order valence-electron chi connectivity index (χ2n) is 7.52. The third kappa shape index (κ3) is 4.56. The van der Waals surface area contributed by atoms with Gasteiger partial charge in [-0.25, -0.2) is 9.37 Å². The molecule has 1 aliphatic rings. The van der Waals surface area contributed by atoms with Crippen molar-refractivity contribution in [2.45, 2.75) is 32.0 Å². The summed E-state index contributed by atoms with van der Waals surface area (Å²) in [5, 5.41) is 12.9. The van der Waals surface area contributed by atoms with Crippen molar-refractivity contribution in [2.75, 3.05) is 21.1 Å². The van der Waals surface area contributed by atoms with Gasteiger partial charge >= 0.3 is 0 Å². The summed E-state index contributed by atoms with van der Waals surface area (Å²) in [4.78, 5) is 29.6. The van der Waals surface area contributed by atoms with Crippen LogP contribution in [0, 0.1) is 5.82 Å². The highest BCUT2D eigenvalue weighted by Gasteiger charge is 2.36. The number of benzene rings is 1. The van der Waals surface area contributed by atoms with Crippen LogP contribution in [0.5, 0.6) is 5.75 Å². The molecule has 0 spiro atoms. The Balaban J connectivity index is 1.95. The van der Waals surface area contributed by atoms with Crippen molar-refractivity contribution in [3.8, 4) is 5.75 Å². The molecule has 1 aromatic heterocycles. The highest BCUT2D eigenvalue weighted by Crippen LogP contribution is 2.31. The molecule has 174 valence electrons. The predicted molar refractivity (Wildman–Crippen MR) is 118 cm³/mol. The largest absolute Gasteiger partial charge is 0.501 e. The average Bonchev–Trinajstić information content (AvgIpc) is 2.75. The number of nitrogens with one attached hydrogen (secondary N) is 1. The standard InChI is InChI=1S/C19H23BrFN5O5S/c1-24(2)32(30,31)25(3)14-5-4-8-26-17(14)23-15(16(27)19(26)29)18(28)22-10-11-6-7-13(21)12(20)9-11/h6-7,9,14,27H,4-5,8,10H2,1-3H3,(H,22,28). The monoisotopic (exact) mass is 531 g/mol. The first kappa shape index (κ1) is 24.3. The van der Waals surface area contributed by atoms with E-state index in [2.05, 4.69) is 26.2 Å². The molecule has 13 heteroatoms. The number of carbonyl (C=O) groups is 1. The van der Waals surface area contributed by atoms with Crippen LogP contribution in [0.3, 0.4) is 0 Å². The second-order valence-corrected chi connectivity index (χ2v) is 10.6. The van der Waals surface area contributed by atoms with Crippen LogP contribution in [-0.4, -0.2) is 58.7 Å². The first-order valence-electron chi connectivity index (χ1n) is 9.66. The third-order valence-corrected chi connectivity index (χ3v) is 7.76. The molecule has 32 heavy (non-hydrogen) atoms. The molecule has 0 saturated heterocycles. The van der Waals surface area contributed by atoms with E-state index in [-0.39, 0.29) is 23.4 Å². The van der Waals surface area contributed by atoms with Gasteiger partial charge in [-0.05, 0) is 46.5 Å². The number of fused-ring (bicyclic) bond motifs is 1. The quantitative estimate of drug-likeness (QED) is 0.579. The minimum Gasteiger partial charge on any atom is -0.501 e. The summed E-state index contributed by atoms with van der Waals surface area (Å²) in [5.41, 5.74) is -0.731. The van der Waals surface area contributed by atoms with Crippen molar-refractivity contribution in [2.24, 2.45) is 0 Å². The Kier molecular flexibility index (Phi) is 7.03. The summed E-state index contributed by atoms with van der Waals surface area (Å²) in [6.07, 6.45) is 0.891. The van der Waals surface area contributed by atoms with E-state index >= 15 is 0 Å². The Morgan fingerprint density at radius 3 is 2.69 bits per heavy atom. The molecule has 10 nitrogen and oxygen atoms in total. The maximum atomic E-state index is 13.4. The zero-order chi connectivity index (χ0) is 23.8. The van der Waals surface area contributed by atoms with E-state index in [0.717, 1.165) is 8.61 Å². The number of carbonyl (C=O) groups excluding carboxylic acids is 1. The Bertz CT molecular complexity index is 1220. The Morgan fingerprint density at radius 1 is 1.38 bits per heavy atom. The molecule has 1 aromatic carbocycles. The van der Waals surface area contributed by atoms with Gasteiger partial charge in [-0.3, -0.25) is 14.2 Å². The van der Waals surface area contributed by atoms with Crippen LogP contribution < -0.4 is 10.9 Å². The van der Waals surface area contributed by atoms with Crippen LogP contribution >= 0.6 is 15.9 Å². The molecular weight excluding hydrogens is 509 g/mol. The molecule has 2 aromatic rings. The van der Waals surface area contributed by atoms with Gasteiger partial charge in [-0.1, -0.05) is 6.07 Å². The first-order chi connectivity index (χ1) is 14.9. The lowest BCUT2D eigenvalue weighted by Gasteiger charge is -2.33. The summed E-state index contributed by atoms with van der Waals surface area (Å²) in [7, 11) is 0.335. The van der Waals surface area contributed by atoms with Crippen molar-refractivity contribution in [1.82, 2.24) is 23.5 Å². The van der Waals surface area contributed by atoms with Gasteiger partial charge in [0, 0.05) is 34.2 Å². The van der Waals surface area contributed by atoms with Crippen molar-refractivity contribution in [1.29, 1.82) is 0 Å². The van der Waals surface area contributed by atoms with E-state index in [1.165, 1.54) is 43.9 Å². The van der Waals surface area contributed by atoms with E-state index in [1.54, 1.807) is 0 Å². The molecule has 1 unspecified atom stereocenters. The van der Waals surface area contributed by atoms with Crippen LogP contribution in [0.4, 0.5) is 4.39 Å². The van der Waals surface area contributed by atoms with Crippen LogP contribution in [0.2, 0.25) is 0 Å². The van der Waals surface area contributed by atoms with Crippen LogP contribution in [0.1, 0.15) is 40.8 Å². The van der Waals surface area contributed by atoms with Crippen LogP contribution in [0.15, 0.2) is 27.5 Å². The van der Waals surface area contributed by atoms with Gasteiger partial charge in [0.2, 0.25) is 5.75 Å². The van der Waals surface area contributed by atoms with E-state index in [0.29, 0.717) is 18.4 Å². The summed E-state index contributed by atoms with van der Waals surface area (Å²) >= 11 is 3.07. The molecule has 0 bridgehead atoms. The molecule has 1 amide bonds. The van der Waals surface area contributed by atoms with Gasteiger partial charge in [-0.15, -0.1) is 0 Å². The van der Waals surface area contributed by atoms with Crippen molar-refractivity contribution in [3.05, 3.63) is 55.9 Å². The predicted octanol–water partition coefficient (Wildman–Crippen LogP) is 1.35. The van der Waals surface area contributed by atoms with Crippen molar-refractivity contribution >= 4 is 32.0 Å². The zero-order valence-corrected chi connectivity index (χ0v) is 20.1. The first-order valence-corrected chi connectivity index (χ1v) is 11.9. The van der Waals surface area contributed by atoms with Gasteiger partial charge in [-0.2, -0.15) is 17.0 Å². The summed E-state index contributed by atoms with van der Waals surface area (Å²) < 4.78 is 42.1. The highest BCUT2D eigenvalue weighted by atomic mass is 79.9. The molecule has 0 radical (unpaired) electrons. The lowest BCUT2D eigenvalue weighted by Crippen LogP contribution is -2.44. The average molecular weight is 532 g/mol. The summed E-state index contributed by atoms with van der Waals surface area (Å²) in [6.45, 7) is 0.238. The molecule has 0 fully saturated rings. The minimum absolute atomic E-state index is 0.00437. The molecule has 1 atom stereocenters. The fraction of sp³-hybridized carbons (Fsp3) is 0.421. The van der Waals surface area contributed by atoms with E-state index in [9.17, 15) is 27.5 Å². The number of amides is 1. The lowest BCUT2D eigenvalue weighted by atomic mass is 10.1. The summed E-state index contributed by atoms with van der Waals surface area (Å²) in [5.74, 6) is -2.00. The molecular formula is C19H23BrFN5O5S. The zero-order valence-electron chi connectivity index (χ0n) is 17.7.